The van der Waals surface area contributed by atoms with Gasteiger partial charge in [0.1, 0.15) is 0 Å². The average molecular weight is 486 g/mol. The van der Waals surface area contributed by atoms with Crippen molar-refractivity contribution in [2.75, 3.05) is 5.32 Å². The summed E-state index contributed by atoms with van der Waals surface area (Å²) in [7, 11) is 0. The van der Waals surface area contributed by atoms with Crippen LogP contribution in [0.5, 0.6) is 0 Å². The van der Waals surface area contributed by atoms with Gasteiger partial charge in [0.2, 0.25) is 0 Å². The van der Waals surface area contributed by atoms with Crippen molar-refractivity contribution in [3.63, 3.8) is 0 Å². The fraction of sp³-hybridized carbons (Fsp3) is 0.133. The predicted molar refractivity (Wildman–Crippen MR) is 150 cm³/mol. The summed E-state index contributed by atoms with van der Waals surface area (Å²) in [6, 6.07) is 16.7. The van der Waals surface area contributed by atoms with Crippen molar-refractivity contribution < 1.29 is 0 Å². The SMILES string of the molecule is C=C(Nc1cncc(-c2cnc3n[nH]c(-c4cc5c(-c6ccncc6)cccc5[nH]4)c3c2)c1)C(C)(C)C. The summed E-state index contributed by atoms with van der Waals surface area (Å²) in [6.07, 6.45) is 9.11. The number of pyridine rings is 3. The Bertz CT molecular complexity index is 1750. The van der Waals surface area contributed by atoms with Crippen LogP contribution >= 0.6 is 0 Å². The Morgan fingerprint density at radius 3 is 2.49 bits per heavy atom. The van der Waals surface area contributed by atoms with E-state index in [-0.39, 0.29) is 5.41 Å². The van der Waals surface area contributed by atoms with Crippen LogP contribution in [0.1, 0.15) is 20.8 Å². The highest BCUT2D eigenvalue weighted by molar-refractivity contribution is 6.01. The number of aromatic nitrogens is 6. The number of hydrogen-bond donors (Lipinski definition) is 3. The summed E-state index contributed by atoms with van der Waals surface area (Å²) >= 11 is 0. The normalized spacial score (nSPS) is 11.8. The lowest BCUT2D eigenvalue weighted by atomic mass is 9.93. The van der Waals surface area contributed by atoms with Crippen LogP contribution in [-0.4, -0.2) is 30.1 Å². The highest BCUT2D eigenvalue weighted by atomic mass is 15.2. The summed E-state index contributed by atoms with van der Waals surface area (Å²) in [5, 5.41) is 13.1. The van der Waals surface area contributed by atoms with Crippen molar-refractivity contribution in [2.45, 2.75) is 20.8 Å². The van der Waals surface area contributed by atoms with Gasteiger partial charge in [0.25, 0.3) is 0 Å². The molecule has 0 atom stereocenters. The zero-order valence-electron chi connectivity index (χ0n) is 21.0. The number of benzene rings is 1. The minimum absolute atomic E-state index is 0.0565. The molecule has 0 unspecified atom stereocenters. The smallest absolute Gasteiger partial charge is 0.181 e. The first-order valence-corrected chi connectivity index (χ1v) is 12.2. The molecule has 5 aromatic heterocycles. The molecule has 0 aliphatic heterocycles. The Morgan fingerprint density at radius 1 is 0.865 bits per heavy atom. The molecule has 0 radical (unpaired) electrons. The van der Waals surface area contributed by atoms with E-state index in [1.807, 2.05) is 36.9 Å². The number of nitrogens with zero attached hydrogens (tertiary/aromatic N) is 4. The van der Waals surface area contributed by atoms with E-state index >= 15 is 0 Å². The number of rotatable bonds is 5. The number of hydrogen-bond acceptors (Lipinski definition) is 5. The molecule has 7 heteroatoms. The van der Waals surface area contributed by atoms with Crippen LogP contribution in [0.3, 0.4) is 0 Å². The molecule has 6 aromatic rings. The Morgan fingerprint density at radius 2 is 1.68 bits per heavy atom. The van der Waals surface area contributed by atoms with Crippen LogP contribution in [0.4, 0.5) is 5.69 Å². The van der Waals surface area contributed by atoms with E-state index in [9.17, 15) is 0 Å². The van der Waals surface area contributed by atoms with Crippen LogP contribution in [0.15, 0.2) is 91.8 Å². The van der Waals surface area contributed by atoms with Crippen molar-refractivity contribution >= 4 is 27.6 Å². The summed E-state index contributed by atoms with van der Waals surface area (Å²) < 4.78 is 0. The van der Waals surface area contributed by atoms with Crippen molar-refractivity contribution in [3.8, 4) is 33.6 Å². The lowest BCUT2D eigenvalue weighted by Crippen LogP contribution is -2.15. The summed E-state index contributed by atoms with van der Waals surface area (Å²) in [6.45, 7) is 10.6. The lowest BCUT2D eigenvalue weighted by molar-refractivity contribution is 0.509. The second-order valence-corrected chi connectivity index (χ2v) is 10.2. The molecular formula is C30H27N7. The van der Waals surface area contributed by atoms with E-state index in [1.165, 1.54) is 0 Å². The fourth-order valence-electron chi connectivity index (χ4n) is 4.36. The number of nitrogens with one attached hydrogen (secondary N) is 3. The van der Waals surface area contributed by atoms with Gasteiger partial charge < -0.3 is 10.3 Å². The molecular weight excluding hydrogens is 458 g/mol. The maximum atomic E-state index is 4.62. The van der Waals surface area contributed by atoms with Crippen molar-refractivity contribution in [1.82, 2.24) is 30.1 Å². The molecule has 0 saturated carbocycles. The second-order valence-electron chi connectivity index (χ2n) is 10.2. The van der Waals surface area contributed by atoms with Gasteiger partial charge in [0.05, 0.1) is 23.3 Å². The maximum absolute atomic E-state index is 4.62. The molecule has 7 nitrogen and oxygen atoms in total. The topological polar surface area (TPSA) is 95.2 Å². The molecule has 3 N–H and O–H groups in total. The summed E-state index contributed by atoms with van der Waals surface area (Å²) in [4.78, 5) is 16.8. The Balaban J connectivity index is 1.40. The molecule has 0 bridgehead atoms. The standard InChI is InChI=1S/C30H27N7/c1-18(30(2,3)4)34-22-12-20(15-32-17-22)21-13-25-28(36-37-29(25)33-16-21)27-14-24-23(6-5-7-26(24)35-27)19-8-10-31-11-9-19/h5-17,34-35H,1H2,2-4H3,(H,33,36,37). The first kappa shape index (κ1) is 22.7. The third-order valence-electron chi connectivity index (χ3n) is 6.61. The van der Waals surface area contributed by atoms with Gasteiger partial charge in [-0.3, -0.25) is 15.1 Å². The Hall–Kier alpha value is -4.78. The number of fused-ring (bicyclic) bond motifs is 2. The fourth-order valence-corrected chi connectivity index (χ4v) is 4.36. The van der Waals surface area contributed by atoms with Crippen LogP contribution in [0.25, 0.3) is 55.6 Å². The Kier molecular flexibility index (Phi) is 5.34. The predicted octanol–water partition coefficient (Wildman–Crippen LogP) is 7.20. The first-order chi connectivity index (χ1) is 17.9. The number of aromatic amines is 2. The highest BCUT2D eigenvalue weighted by Crippen LogP contribution is 2.35. The summed E-state index contributed by atoms with van der Waals surface area (Å²) in [5.74, 6) is 0. The van der Waals surface area contributed by atoms with E-state index in [0.717, 1.165) is 61.3 Å². The third kappa shape index (κ3) is 4.25. The molecule has 182 valence electrons. The van der Waals surface area contributed by atoms with E-state index in [1.54, 1.807) is 6.20 Å². The minimum Gasteiger partial charge on any atom is -0.358 e. The van der Waals surface area contributed by atoms with Gasteiger partial charge in [0.15, 0.2) is 5.65 Å². The molecule has 0 spiro atoms. The molecule has 0 fully saturated rings. The summed E-state index contributed by atoms with van der Waals surface area (Å²) in [5.41, 5.74) is 9.53. The van der Waals surface area contributed by atoms with E-state index in [0.29, 0.717) is 5.65 Å². The molecule has 0 amide bonds. The monoisotopic (exact) mass is 485 g/mol. The number of H-pyrrole nitrogens is 2. The highest BCUT2D eigenvalue weighted by Gasteiger charge is 2.17. The molecule has 37 heavy (non-hydrogen) atoms. The molecule has 0 saturated heterocycles. The van der Waals surface area contributed by atoms with E-state index in [2.05, 4.69) is 99.2 Å². The van der Waals surface area contributed by atoms with Crippen LogP contribution in [-0.2, 0) is 0 Å². The first-order valence-electron chi connectivity index (χ1n) is 12.2. The second kappa shape index (κ2) is 8.71. The average Bonchev–Trinajstić information content (AvgIpc) is 3.52. The van der Waals surface area contributed by atoms with Gasteiger partial charge in [-0.05, 0) is 47.5 Å². The Labute approximate surface area is 214 Å². The molecule has 6 rings (SSSR count). The number of allylic oxidation sites excluding steroid dienone is 1. The van der Waals surface area contributed by atoms with Crippen LogP contribution in [0.2, 0.25) is 0 Å². The molecule has 0 aliphatic carbocycles. The molecule has 1 aromatic carbocycles. The molecule has 0 aliphatic rings. The number of anilines is 1. The van der Waals surface area contributed by atoms with E-state index < -0.39 is 0 Å². The van der Waals surface area contributed by atoms with Gasteiger partial charge in [-0.25, -0.2) is 4.98 Å². The van der Waals surface area contributed by atoms with Crippen LogP contribution < -0.4 is 5.32 Å². The largest absolute Gasteiger partial charge is 0.358 e. The minimum atomic E-state index is -0.0565. The van der Waals surface area contributed by atoms with Gasteiger partial charge in [0, 0.05) is 63.3 Å². The zero-order chi connectivity index (χ0) is 25.6. The van der Waals surface area contributed by atoms with Crippen molar-refractivity contribution in [1.29, 1.82) is 0 Å². The van der Waals surface area contributed by atoms with Crippen molar-refractivity contribution in [3.05, 3.63) is 91.8 Å². The van der Waals surface area contributed by atoms with Crippen LogP contribution in [0, 0.1) is 5.41 Å². The quantitative estimate of drug-likeness (QED) is 0.240. The van der Waals surface area contributed by atoms with E-state index in [4.69, 9.17) is 0 Å². The lowest BCUT2D eigenvalue weighted by Gasteiger charge is -2.23. The van der Waals surface area contributed by atoms with Gasteiger partial charge in [-0.15, -0.1) is 0 Å². The van der Waals surface area contributed by atoms with Gasteiger partial charge >= 0.3 is 0 Å². The third-order valence-corrected chi connectivity index (χ3v) is 6.61. The zero-order valence-corrected chi connectivity index (χ0v) is 21.0. The van der Waals surface area contributed by atoms with Crippen molar-refractivity contribution in [2.24, 2.45) is 5.41 Å². The van der Waals surface area contributed by atoms with Gasteiger partial charge in [-0.2, -0.15) is 5.10 Å². The molecule has 5 heterocycles. The van der Waals surface area contributed by atoms with Gasteiger partial charge in [-0.1, -0.05) is 39.5 Å². The maximum Gasteiger partial charge on any atom is 0.181 e.